The van der Waals surface area contributed by atoms with Gasteiger partial charge in [-0.05, 0) is 0 Å². The van der Waals surface area contributed by atoms with Crippen LogP contribution in [0.1, 0.15) is 0 Å². The number of nitrogens with one attached hydrogen (secondary N) is 2. The second-order valence-electron chi connectivity index (χ2n) is 3.85. The lowest BCUT2D eigenvalue weighted by atomic mass is 10.5. The van der Waals surface area contributed by atoms with E-state index in [4.69, 9.17) is 11.5 Å². The molecule has 6 N–H and O–H groups in total. The van der Waals surface area contributed by atoms with Gasteiger partial charge < -0.3 is 11.5 Å². The molecule has 0 aliphatic carbocycles. The van der Waals surface area contributed by atoms with Crippen molar-refractivity contribution in [2.75, 3.05) is 11.5 Å². The number of nitrogen functional groups attached to an aromatic ring is 2. The molecular formula is C10H14N6O4. The summed E-state index contributed by atoms with van der Waals surface area (Å²) in [6.45, 7) is 0. The van der Waals surface area contributed by atoms with Crippen molar-refractivity contribution >= 4 is 11.6 Å². The van der Waals surface area contributed by atoms with Crippen LogP contribution in [0, 0.1) is 0 Å². The highest BCUT2D eigenvalue weighted by molar-refractivity contribution is 5.25. The van der Waals surface area contributed by atoms with E-state index in [9.17, 15) is 19.2 Å². The van der Waals surface area contributed by atoms with Gasteiger partial charge in [-0.15, -0.1) is 0 Å². The van der Waals surface area contributed by atoms with E-state index >= 15 is 0 Å². The Morgan fingerprint density at radius 3 is 2.05 bits per heavy atom. The summed E-state index contributed by atoms with van der Waals surface area (Å²) in [4.78, 5) is 46.8. The van der Waals surface area contributed by atoms with E-state index in [2.05, 4.69) is 4.98 Å². The zero-order chi connectivity index (χ0) is 15.4. The maximum Gasteiger partial charge on any atom is 0.332 e. The maximum atomic E-state index is 11.1. The van der Waals surface area contributed by atoms with Gasteiger partial charge in [0.1, 0.15) is 11.6 Å². The molecule has 10 heteroatoms. The average molecular weight is 282 g/mol. The van der Waals surface area contributed by atoms with E-state index in [0.29, 0.717) is 0 Å². The largest absolute Gasteiger partial charge is 0.385 e. The molecular weight excluding hydrogens is 268 g/mol. The van der Waals surface area contributed by atoms with E-state index in [1.807, 2.05) is 4.98 Å². The zero-order valence-electron chi connectivity index (χ0n) is 10.8. The monoisotopic (exact) mass is 282 g/mol. The molecule has 20 heavy (non-hydrogen) atoms. The molecule has 10 nitrogen and oxygen atoms in total. The van der Waals surface area contributed by atoms with Crippen molar-refractivity contribution in [2.45, 2.75) is 0 Å². The molecule has 0 aliphatic rings. The Bertz CT molecular complexity index is 812. The predicted molar refractivity (Wildman–Crippen MR) is 73.4 cm³/mol. The van der Waals surface area contributed by atoms with Crippen LogP contribution in [0.3, 0.4) is 0 Å². The Hall–Kier alpha value is -3.04. The minimum Gasteiger partial charge on any atom is -0.385 e. The van der Waals surface area contributed by atoms with E-state index < -0.39 is 16.9 Å². The molecule has 0 radical (unpaired) electrons. The fraction of sp³-hybridized carbons (Fsp3) is 0.200. The van der Waals surface area contributed by atoms with Crippen LogP contribution in [-0.4, -0.2) is 19.1 Å². The minimum absolute atomic E-state index is 0.0729. The summed E-state index contributed by atoms with van der Waals surface area (Å²) in [5.41, 5.74) is 8.56. The first-order chi connectivity index (χ1) is 9.22. The number of H-pyrrole nitrogens is 2. The molecule has 0 bridgehead atoms. The fourth-order valence-electron chi connectivity index (χ4n) is 1.24. The standard InChI is InChI=1S/C6H9N3O2.C4H5N3O2/c1-8-4(7)3-5(10)9(2)6(8)11;5-2-1-3(8)7-4(9)6-2/h3H,7H2,1-2H3;1H,(H4,5,6,7,8,9). The summed E-state index contributed by atoms with van der Waals surface area (Å²) in [5.74, 6) is 0.252. The third-order valence-electron chi connectivity index (χ3n) is 2.34. The average Bonchev–Trinajstić information content (AvgIpc) is 2.33. The van der Waals surface area contributed by atoms with Crippen LogP contribution in [0.2, 0.25) is 0 Å². The van der Waals surface area contributed by atoms with Crippen LogP contribution < -0.4 is 34.0 Å². The molecule has 2 rings (SSSR count). The van der Waals surface area contributed by atoms with Gasteiger partial charge >= 0.3 is 11.4 Å². The van der Waals surface area contributed by atoms with Gasteiger partial charge in [-0.1, -0.05) is 0 Å². The van der Waals surface area contributed by atoms with Crippen LogP contribution in [0.4, 0.5) is 11.6 Å². The maximum absolute atomic E-state index is 11.1. The van der Waals surface area contributed by atoms with E-state index in [1.165, 1.54) is 24.7 Å². The summed E-state index contributed by atoms with van der Waals surface area (Å²) >= 11 is 0. The van der Waals surface area contributed by atoms with Crippen molar-refractivity contribution < 1.29 is 0 Å². The lowest BCUT2D eigenvalue weighted by Gasteiger charge is -2.02. The molecule has 0 fully saturated rings. The van der Waals surface area contributed by atoms with Crippen LogP contribution in [-0.2, 0) is 14.1 Å². The molecule has 0 atom stereocenters. The van der Waals surface area contributed by atoms with Gasteiger partial charge in [0.25, 0.3) is 11.1 Å². The van der Waals surface area contributed by atoms with Crippen molar-refractivity contribution in [3.63, 3.8) is 0 Å². The minimum atomic E-state index is -0.583. The van der Waals surface area contributed by atoms with Crippen LogP contribution in [0.25, 0.3) is 0 Å². The van der Waals surface area contributed by atoms with Crippen LogP contribution in [0.15, 0.2) is 31.3 Å². The number of nitrogens with two attached hydrogens (primary N) is 2. The van der Waals surface area contributed by atoms with Gasteiger partial charge in [0.05, 0.1) is 0 Å². The molecule has 0 unspecified atom stereocenters. The Kier molecular flexibility index (Phi) is 4.31. The van der Waals surface area contributed by atoms with E-state index in [0.717, 1.165) is 10.6 Å². The molecule has 2 aromatic rings. The smallest absolute Gasteiger partial charge is 0.332 e. The van der Waals surface area contributed by atoms with E-state index in [-0.39, 0.29) is 17.2 Å². The molecule has 0 saturated heterocycles. The highest BCUT2D eigenvalue weighted by atomic mass is 16.2. The molecule has 2 heterocycles. The summed E-state index contributed by atoms with van der Waals surface area (Å²) in [5, 5.41) is 0. The molecule has 0 aromatic carbocycles. The van der Waals surface area contributed by atoms with Gasteiger partial charge in [0.2, 0.25) is 0 Å². The van der Waals surface area contributed by atoms with Gasteiger partial charge in [0.15, 0.2) is 0 Å². The predicted octanol–water partition coefficient (Wildman–Crippen LogP) is -2.69. The van der Waals surface area contributed by atoms with Gasteiger partial charge in [-0.2, -0.15) is 0 Å². The SMILES string of the molecule is Cn1c(N)cc(=O)n(C)c1=O.Nc1cc(=O)[nH]c(=O)[nH]1. The van der Waals surface area contributed by atoms with Crippen LogP contribution >= 0.6 is 0 Å². The number of hydrogen-bond acceptors (Lipinski definition) is 6. The van der Waals surface area contributed by atoms with Crippen molar-refractivity contribution in [2.24, 2.45) is 14.1 Å². The molecule has 108 valence electrons. The van der Waals surface area contributed by atoms with Gasteiger partial charge in [-0.25, -0.2) is 9.59 Å². The number of nitrogens with zero attached hydrogens (tertiary/aromatic N) is 2. The Balaban J connectivity index is 0.000000204. The highest BCUT2D eigenvalue weighted by Crippen LogP contribution is 1.86. The number of aromatic amines is 2. The topological polar surface area (TPSA) is 162 Å². The Labute approximate surface area is 111 Å². The molecule has 0 aliphatic heterocycles. The number of anilines is 2. The summed E-state index contributed by atoms with van der Waals surface area (Å²) < 4.78 is 2.21. The first-order valence-corrected chi connectivity index (χ1v) is 5.34. The molecule has 0 saturated carbocycles. The third kappa shape index (κ3) is 3.48. The highest BCUT2D eigenvalue weighted by Gasteiger charge is 2.00. The quantitative estimate of drug-likeness (QED) is 0.411. The second-order valence-corrected chi connectivity index (χ2v) is 3.85. The van der Waals surface area contributed by atoms with Crippen molar-refractivity contribution in [1.82, 2.24) is 19.1 Å². The Morgan fingerprint density at radius 2 is 1.55 bits per heavy atom. The van der Waals surface area contributed by atoms with Gasteiger partial charge in [-0.3, -0.25) is 28.7 Å². The third-order valence-corrected chi connectivity index (χ3v) is 2.34. The summed E-state index contributed by atoms with van der Waals surface area (Å²) in [7, 11) is 2.92. The molecule has 2 aromatic heterocycles. The summed E-state index contributed by atoms with van der Waals surface area (Å²) in [6, 6.07) is 2.31. The number of rotatable bonds is 0. The molecule has 0 amide bonds. The Morgan fingerprint density at radius 1 is 0.950 bits per heavy atom. The lowest BCUT2D eigenvalue weighted by molar-refractivity contribution is 0.694. The van der Waals surface area contributed by atoms with Crippen molar-refractivity contribution in [1.29, 1.82) is 0 Å². The number of aromatic nitrogens is 4. The number of hydrogen-bond donors (Lipinski definition) is 4. The van der Waals surface area contributed by atoms with Crippen molar-refractivity contribution in [3.05, 3.63) is 53.8 Å². The first-order valence-electron chi connectivity index (χ1n) is 5.34. The van der Waals surface area contributed by atoms with Crippen LogP contribution in [0.5, 0.6) is 0 Å². The lowest BCUT2D eigenvalue weighted by Crippen LogP contribution is -2.37. The van der Waals surface area contributed by atoms with E-state index in [1.54, 1.807) is 0 Å². The fourth-order valence-corrected chi connectivity index (χ4v) is 1.24. The second kappa shape index (κ2) is 5.73. The first kappa shape index (κ1) is 15.0. The molecule has 0 spiro atoms. The normalized spacial score (nSPS) is 9.70. The zero-order valence-corrected chi connectivity index (χ0v) is 10.8. The summed E-state index contributed by atoms with van der Waals surface area (Å²) in [6.07, 6.45) is 0. The van der Waals surface area contributed by atoms with Gasteiger partial charge in [0, 0.05) is 26.2 Å². The van der Waals surface area contributed by atoms with Crippen molar-refractivity contribution in [3.8, 4) is 0 Å².